The summed E-state index contributed by atoms with van der Waals surface area (Å²) in [7, 11) is 0. The highest BCUT2D eigenvalue weighted by molar-refractivity contribution is 5.93. The average molecular weight is 490 g/mol. The smallest absolute Gasteiger partial charge is 0.408 e. The molecule has 5 N–H and O–H groups in total. The molecule has 0 fully saturated rings. The average Bonchev–Trinajstić information content (AvgIpc) is 2.75. The molecule has 2 atom stereocenters. The van der Waals surface area contributed by atoms with E-state index in [0.29, 0.717) is 13.0 Å². The van der Waals surface area contributed by atoms with Crippen molar-refractivity contribution in [1.82, 2.24) is 15.5 Å². The van der Waals surface area contributed by atoms with Gasteiger partial charge >= 0.3 is 6.09 Å². The van der Waals surface area contributed by atoms with Crippen LogP contribution in [0.25, 0.3) is 0 Å². The standard InChI is InChI=1S/C24H35N5O6/c1-5-6-14-27-21(32)20(16-9-7-8-10-18(16)30)29(15-13-25)22(33)17(11-12-19(26)31)28-23(34)35-24(2,3)4/h7-10,17,20,30H,5-6,11-12,14-15H2,1-4H3,(H2,26,31)(H,27,32)(H,28,34). The largest absolute Gasteiger partial charge is 0.508 e. The summed E-state index contributed by atoms with van der Waals surface area (Å²) in [6.07, 6.45) is 0.171. The van der Waals surface area contributed by atoms with Crippen molar-refractivity contribution in [2.75, 3.05) is 13.1 Å². The van der Waals surface area contributed by atoms with E-state index in [1.165, 1.54) is 12.1 Å². The van der Waals surface area contributed by atoms with Crippen molar-refractivity contribution in [2.45, 2.75) is 71.1 Å². The summed E-state index contributed by atoms with van der Waals surface area (Å²) < 4.78 is 5.22. The number of ether oxygens (including phenoxy) is 1. The predicted molar refractivity (Wildman–Crippen MR) is 128 cm³/mol. The van der Waals surface area contributed by atoms with Crippen molar-refractivity contribution in [3.05, 3.63) is 29.8 Å². The molecule has 1 aromatic carbocycles. The number of carbonyl (C=O) groups is 4. The van der Waals surface area contributed by atoms with Gasteiger partial charge < -0.3 is 31.1 Å². The van der Waals surface area contributed by atoms with Gasteiger partial charge in [-0.1, -0.05) is 31.5 Å². The molecular weight excluding hydrogens is 454 g/mol. The van der Waals surface area contributed by atoms with Gasteiger partial charge in [-0.15, -0.1) is 0 Å². The van der Waals surface area contributed by atoms with Crippen LogP contribution in [-0.4, -0.2) is 58.6 Å². The van der Waals surface area contributed by atoms with E-state index in [2.05, 4.69) is 10.6 Å². The third-order valence-corrected chi connectivity index (χ3v) is 4.81. The number of para-hydroxylation sites is 1. The Morgan fingerprint density at radius 2 is 1.89 bits per heavy atom. The van der Waals surface area contributed by atoms with Crippen LogP contribution in [0.1, 0.15) is 65.0 Å². The van der Waals surface area contributed by atoms with Gasteiger partial charge in [-0.3, -0.25) is 14.4 Å². The number of nitrogens with one attached hydrogen (secondary N) is 2. The maximum absolute atomic E-state index is 13.6. The second-order valence-electron chi connectivity index (χ2n) is 8.93. The Labute approximate surface area is 205 Å². The minimum absolute atomic E-state index is 0.107. The van der Waals surface area contributed by atoms with Crippen molar-refractivity contribution in [2.24, 2.45) is 5.73 Å². The first-order valence-corrected chi connectivity index (χ1v) is 11.4. The Morgan fingerprint density at radius 3 is 2.43 bits per heavy atom. The van der Waals surface area contributed by atoms with Gasteiger partial charge in [0.05, 0.1) is 6.07 Å². The molecule has 2 unspecified atom stereocenters. The number of carbonyl (C=O) groups excluding carboxylic acids is 4. The lowest BCUT2D eigenvalue weighted by molar-refractivity contribution is -0.142. The normalized spacial score (nSPS) is 12.5. The summed E-state index contributed by atoms with van der Waals surface area (Å²) >= 11 is 0. The molecule has 4 amide bonds. The van der Waals surface area contributed by atoms with Crippen LogP contribution in [0, 0.1) is 11.3 Å². The van der Waals surface area contributed by atoms with Crippen LogP contribution >= 0.6 is 0 Å². The Morgan fingerprint density at radius 1 is 1.23 bits per heavy atom. The zero-order valence-corrected chi connectivity index (χ0v) is 20.7. The first-order chi connectivity index (χ1) is 16.4. The zero-order chi connectivity index (χ0) is 26.6. The van der Waals surface area contributed by atoms with Gasteiger partial charge in [-0.2, -0.15) is 5.26 Å². The number of phenols is 1. The highest BCUT2D eigenvalue weighted by Crippen LogP contribution is 2.29. The van der Waals surface area contributed by atoms with E-state index >= 15 is 0 Å². The van der Waals surface area contributed by atoms with Crippen LogP contribution in [0.2, 0.25) is 0 Å². The van der Waals surface area contributed by atoms with Crippen LogP contribution in [0.4, 0.5) is 4.79 Å². The monoisotopic (exact) mass is 489 g/mol. The Kier molecular flexibility index (Phi) is 11.5. The topological polar surface area (TPSA) is 175 Å². The summed E-state index contributed by atoms with van der Waals surface area (Å²) in [6.45, 7) is 6.68. The lowest BCUT2D eigenvalue weighted by Gasteiger charge is -2.33. The van der Waals surface area contributed by atoms with E-state index in [-0.39, 0.29) is 24.2 Å². The number of hydrogen-bond acceptors (Lipinski definition) is 7. The molecule has 1 aromatic rings. The number of alkyl carbamates (subject to hydrolysis) is 1. The Bertz CT molecular complexity index is 937. The molecule has 0 heterocycles. The third-order valence-electron chi connectivity index (χ3n) is 4.81. The van der Waals surface area contributed by atoms with Crippen molar-refractivity contribution in [3.8, 4) is 11.8 Å². The molecule has 0 aromatic heterocycles. The summed E-state index contributed by atoms with van der Waals surface area (Å²) in [5, 5.41) is 25.0. The summed E-state index contributed by atoms with van der Waals surface area (Å²) in [5.41, 5.74) is 4.49. The number of phenolic OH excluding ortho intramolecular Hbond substituents is 1. The highest BCUT2D eigenvalue weighted by Gasteiger charge is 2.37. The van der Waals surface area contributed by atoms with Crippen molar-refractivity contribution < 1.29 is 29.0 Å². The molecule has 0 aliphatic heterocycles. The number of hydrogen-bond donors (Lipinski definition) is 4. The fourth-order valence-corrected chi connectivity index (χ4v) is 3.22. The van der Waals surface area contributed by atoms with E-state index in [1.54, 1.807) is 32.9 Å². The maximum Gasteiger partial charge on any atom is 0.408 e. The molecule has 0 saturated carbocycles. The first-order valence-electron chi connectivity index (χ1n) is 11.4. The minimum Gasteiger partial charge on any atom is -0.508 e. The number of nitrogens with two attached hydrogens (primary N) is 1. The molecule has 0 saturated heterocycles. The second-order valence-corrected chi connectivity index (χ2v) is 8.93. The number of unbranched alkanes of at least 4 members (excludes halogenated alkanes) is 1. The number of nitriles is 1. The number of aromatic hydroxyl groups is 1. The molecule has 11 heteroatoms. The van der Waals surface area contributed by atoms with Crippen LogP contribution < -0.4 is 16.4 Å². The third kappa shape index (κ3) is 9.92. The lowest BCUT2D eigenvalue weighted by atomic mass is 10.0. The van der Waals surface area contributed by atoms with E-state index < -0.39 is 48.0 Å². The number of nitrogens with zero attached hydrogens (tertiary/aromatic N) is 2. The zero-order valence-electron chi connectivity index (χ0n) is 20.7. The van der Waals surface area contributed by atoms with Crippen LogP contribution in [0.3, 0.4) is 0 Å². The van der Waals surface area contributed by atoms with E-state index in [9.17, 15) is 29.5 Å². The fourth-order valence-electron chi connectivity index (χ4n) is 3.22. The number of primary amides is 1. The summed E-state index contributed by atoms with van der Waals surface area (Å²) in [5.74, 6) is -2.35. The molecule has 1 rings (SSSR count). The fraction of sp³-hybridized carbons (Fsp3) is 0.542. The minimum atomic E-state index is -1.36. The Balaban J connectivity index is 3.41. The van der Waals surface area contributed by atoms with Gasteiger partial charge in [0.1, 0.15) is 30.0 Å². The van der Waals surface area contributed by atoms with Gasteiger partial charge in [0.2, 0.25) is 17.7 Å². The molecule has 0 spiro atoms. The van der Waals surface area contributed by atoms with Gasteiger partial charge in [0.15, 0.2) is 0 Å². The van der Waals surface area contributed by atoms with E-state index in [0.717, 1.165) is 11.3 Å². The van der Waals surface area contributed by atoms with Gasteiger partial charge in [-0.05, 0) is 39.7 Å². The number of rotatable bonds is 12. The van der Waals surface area contributed by atoms with Gasteiger partial charge in [-0.25, -0.2) is 4.79 Å². The number of amides is 4. The molecular formula is C24H35N5O6. The van der Waals surface area contributed by atoms with Gasteiger partial charge in [0.25, 0.3) is 0 Å². The molecule has 11 nitrogen and oxygen atoms in total. The molecule has 35 heavy (non-hydrogen) atoms. The van der Waals surface area contributed by atoms with Crippen LogP contribution in [0.15, 0.2) is 24.3 Å². The van der Waals surface area contributed by atoms with Gasteiger partial charge in [0, 0.05) is 18.5 Å². The first kappa shape index (κ1) is 29.2. The molecule has 0 aliphatic rings. The van der Waals surface area contributed by atoms with Crippen LogP contribution in [-0.2, 0) is 19.1 Å². The van der Waals surface area contributed by atoms with E-state index in [4.69, 9.17) is 10.5 Å². The summed E-state index contributed by atoms with van der Waals surface area (Å²) in [6, 6.07) is 5.15. The van der Waals surface area contributed by atoms with Crippen LogP contribution in [0.5, 0.6) is 5.75 Å². The predicted octanol–water partition coefficient (Wildman–Crippen LogP) is 1.86. The molecule has 192 valence electrons. The summed E-state index contributed by atoms with van der Waals surface area (Å²) in [4.78, 5) is 51.5. The van der Waals surface area contributed by atoms with Crippen molar-refractivity contribution >= 4 is 23.8 Å². The van der Waals surface area contributed by atoms with E-state index in [1.807, 2.05) is 13.0 Å². The molecule has 0 aliphatic carbocycles. The quantitative estimate of drug-likeness (QED) is 0.256. The molecule has 0 bridgehead atoms. The van der Waals surface area contributed by atoms with Crippen molar-refractivity contribution in [1.29, 1.82) is 5.26 Å². The SMILES string of the molecule is CCCCNC(=O)C(c1ccccc1O)N(CC#N)C(=O)C(CCC(N)=O)NC(=O)OC(C)(C)C. The van der Waals surface area contributed by atoms with Crippen molar-refractivity contribution in [3.63, 3.8) is 0 Å². The number of benzene rings is 1. The second kappa shape index (κ2) is 13.8. The maximum atomic E-state index is 13.6. The Hall–Kier alpha value is -3.81. The highest BCUT2D eigenvalue weighted by atomic mass is 16.6. The molecule has 0 radical (unpaired) electrons. The lowest BCUT2D eigenvalue weighted by Crippen LogP contribution is -2.53.